The standard InChI is InChI=1S/C11H13Se.CHF3O3S/c1-12(2)10-6-9-11-7-4-3-5-8-11;2-1(3,4)8(5,6)7/h3-5,7-10H,1-2H3;(H,5,6,7)/q+1;/p-1. The van der Waals surface area contributed by atoms with Crippen LogP contribution in [-0.2, 0) is 10.1 Å². The fourth-order valence-corrected chi connectivity index (χ4v) is 1.53. The molecule has 0 fully saturated rings. The van der Waals surface area contributed by atoms with Gasteiger partial charge in [-0.2, -0.15) is 13.2 Å². The van der Waals surface area contributed by atoms with Crippen molar-refractivity contribution in [1.29, 1.82) is 0 Å². The molecule has 1 aromatic rings. The Labute approximate surface area is 120 Å². The Morgan fingerprint density at radius 3 is 2.00 bits per heavy atom. The van der Waals surface area contributed by atoms with Crippen LogP contribution in [0.3, 0.4) is 0 Å². The molecule has 0 unspecified atom stereocenters. The van der Waals surface area contributed by atoms with Gasteiger partial charge < -0.3 is 4.55 Å². The minimum absolute atomic E-state index is 0.464. The molecule has 0 saturated heterocycles. The number of hydrogen-bond donors (Lipinski definition) is 0. The Hall–Kier alpha value is -1.04. The van der Waals surface area contributed by atoms with E-state index in [1.54, 1.807) is 0 Å². The van der Waals surface area contributed by atoms with Gasteiger partial charge in [0.1, 0.15) is 0 Å². The second-order valence-electron chi connectivity index (χ2n) is 3.62. The topological polar surface area (TPSA) is 57.2 Å². The summed E-state index contributed by atoms with van der Waals surface area (Å²) in [7, 11) is -6.09. The van der Waals surface area contributed by atoms with Crippen LogP contribution in [0.15, 0.2) is 41.0 Å². The molecule has 0 radical (unpaired) electrons. The molecule has 20 heavy (non-hydrogen) atoms. The molecular formula is C12H13F3O3SSe. The van der Waals surface area contributed by atoms with Gasteiger partial charge >= 0.3 is 83.7 Å². The Bertz CT molecular complexity index is 559. The maximum atomic E-state index is 10.7. The van der Waals surface area contributed by atoms with Crippen molar-refractivity contribution >= 4 is 30.1 Å². The van der Waals surface area contributed by atoms with E-state index in [-0.39, 0.29) is 0 Å². The Balaban J connectivity index is 0.000000396. The summed E-state index contributed by atoms with van der Waals surface area (Å²) in [6, 6.07) is 10.3. The summed E-state index contributed by atoms with van der Waals surface area (Å²) in [5.41, 5.74) is -1.22. The van der Waals surface area contributed by atoms with E-state index in [2.05, 4.69) is 34.5 Å². The van der Waals surface area contributed by atoms with Gasteiger partial charge in [0.15, 0.2) is 10.1 Å². The largest absolute Gasteiger partial charge is 0.741 e. The second kappa shape index (κ2) is 8.29. The van der Waals surface area contributed by atoms with Gasteiger partial charge in [0.25, 0.3) is 0 Å². The van der Waals surface area contributed by atoms with Gasteiger partial charge in [0.05, 0.1) is 0 Å². The minimum Gasteiger partial charge on any atom is -0.741 e. The van der Waals surface area contributed by atoms with Crippen molar-refractivity contribution in [3.05, 3.63) is 46.6 Å². The third kappa shape index (κ3) is 8.96. The van der Waals surface area contributed by atoms with Crippen LogP contribution in [0.5, 0.6) is 0 Å². The molecule has 3 nitrogen and oxygen atoms in total. The average Bonchev–Trinajstić information content (AvgIpc) is 2.28. The first-order valence-electron chi connectivity index (χ1n) is 5.10. The van der Waals surface area contributed by atoms with Gasteiger partial charge in [-0.25, -0.2) is 8.42 Å². The molecule has 0 aromatic heterocycles. The molecular weight excluding hydrogens is 360 g/mol. The summed E-state index contributed by atoms with van der Waals surface area (Å²) in [4.78, 5) is 2.19. The molecule has 112 valence electrons. The molecule has 0 aliphatic carbocycles. The quantitative estimate of drug-likeness (QED) is 0.346. The van der Waals surface area contributed by atoms with Gasteiger partial charge in [-0.15, -0.1) is 0 Å². The van der Waals surface area contributed by atoms with E-state index in [0.29, 0.717) is 0 Å². The first-order chi connectivity index (χ1) is 9.04. The van der Waals surface area contributed by atoms with Crippen LogP contribution in [0.2, 0.25) is 11.6 Å². The number of rotatable bonds is 2. The number of halogens is 3. The molecule has 0 atom stereocenters. The van der Waals surface area contributed by atoms with E-state index in [9.17, 15) is 13.2 Å². The molecule has 8 heteroatoms. The molecule has 0 heterocycles. The molecule has 1 rings (SSSR count). The number of hydrogen-bond acceptors (Lipinski definition) is 3. The van der Waals surface area contributed by atoms with Crippen LogP contribution in [0.1, 0.15) is 5.56 Å². The molecule has 0 bridgehead atoms. The minimum atomic E-state index is -6.09. The van der Waals surface area contributed by atoms with Crippen LogP contribution in [0, 0.1) is 0 Å². The Morgan fingerprint density at radius 2 is 1.65 bits per heavy atom. The maximum Gasteiger partial charge on any atom is 0.485 e. The zero-order valence-corrected chi connectivity index (χ0v) is 13.2. The molecule has 0 spiro atoms. The summed E-state index contributed by atoms with van der Waals surface area (Å²) in [5.74, 6) is 4.54. The molecule has 1 aromatic carbocycles. The fourth-order valence-electron chi connectivity index (χ4n) is 0.816. The van der Waals surface area contributed by atoms with Crippen molar-refractivity contribution in [2.24, 2.45) is 0 Å². The fraction of sp³-hybridized carbons (Fsp3) is 0.250. The smallest absolute Gasteiger partial charge is 0.485 e. The van der Waals surface area contributed by atoms with Gasteiger partial charge in [-0.3, -0.25) is 0 Å². The zero-order valence-electron chi connectivity index (χ0n) is 10.7. The first-order valence-corrected chi connectivity index (χ1v) is 10.9. The van der Waals surface area contributed by atoms with E-state index < -0.39 is 29.5 Å². The third-order valence-electron chi connectivity index (χ3n) is 1.64. The second-order valence-corrected chi connectivity index (χ2v) is 9.18. The van der Waals surface area contributed by atoms with Gasteiger partial charge in [-0.05, 0) is 0 Å². The summed E-state index contributed by atoms with van der Waals surface area (Å²) in [5, 5.41) is 0. The van der Waals surface area contributed by atoms with Crippen molar-refractivity contribution in [3.63, 3.8) is 0 Å². The number of alkyl halides is 3. The van der Waals surface area contributed by atoms with Crippen molar-refractivity contribution < 1.29 is 26.1 Å². The van der Waals surface area contributed by atoms with Crippen molar-refractivity contribution in [2.75, 3.05) is 0 Å². The number of benzene rings is 1. The van der Waals surface area contributed by atoms with E-state index in [0.717, 1.165) is 0 Å². The average molecular weight is 373 g/mol. The third-order valence-corrected chi connectivity index (χ3v) is 3.48. The van der Waals surface area contributed by atoms with E-state index in [1.807, 2.05) is 24.3 Å². The monoisotopic (exact) mass is 374 g/mol. The van der Waals surface area contributed by atoms with Crippen molar-refractivity contribution in [3.8, 4) is 0 Å². The van der Waals surface area contributed by atoms with Crippen LogP contribution >= 0.6 is 0 Å². The zero-order chi connectivity index (χ0) is 15.8. The predicted molar refractivity (Wildman–Crippen MR) is 72.2 cm³/mol. The summed E-state index contributed by atoms with van der Waals surface area (Å²) in [6.45, 7) is 0. The summed E-state index contributed by atoms with van der Waals surface area (Å²) >= 11 is -0.464. The van der Waals surface area contributed by atoms with Crippen molar-refractivity contribution in [2.45, 2.75) is 17.2 Å². The van der Waals surface area contributed by atoms with Crippen LogP contribution in [0.25, 0.3) is 6.08 Å². The van der Waals surface area contributed by atoms with E-state index >= 15 is 0 Å². The van der Waals surface area contributed by atoms with Crippen LogP contribution in [-0.4, -0.2) is 32.4 Å². The Morgan fingerprint density at radius 1 is 1.20 bits per heavy atom. The first kappa shape index (κ1) is 19.0. The summed E-state index contributed by atoms with van der Waals surface area (Å²) < 4.78 is 58.9. The van der Waals surface area contributed by atoms with Gasteiger partial charge in [-0.1, -0.05) is 0 Å². The Kier molecular flexibility index (Phi) is 7.86. The summed E-state index contributed by atoms with van der Waals surface area (Å²) in [6.07, 6.45) is 2.03. The van der Waals surface area contributed by atoms with Crippen LogP contribution < -0.4 is 0 Å². The predicted octanol–water partition coefficient (Wildman–Crippen LogP) is 3.20. The van der Waals surface area contributed by atoms with Gasteiger partial charge in [0, 0.05) is 0 Å². The van der Waals surface area contributed by atoms with E-state index in [1.165, 1.54) is 5.56 Å². The van der Waals surface area contributed by atoms with Crippen LogP contribution in [0.4, 0.5) is 13.2 Å². The molecule has 0 N–H and O–H groups in total. The SMILES string of the molecule is C[Se+](C)C=C=Cc1ccccc1.O=S(=O)([O-])C(F)(F)F. The molecule has 0 aliphatic rings. The molecule has 0 aliphatic heterocycles. The molecule has 0 amide bonds. The van der Waals surface area contributed by atoms with E-state index in [4.69, 9.17) is 13.0 Å². The normalized spacial score (nSPS) is 11.2. The maximum absolute atomic E-state index is 10.7. The van der Waals surface area contributed by atoms with Gasteiger partial charge in [0.2, 0.25) is 0 Å². The molecule has 0 saturated carbocycles. The van der Waals surface area contributed by atoms with Crippen molar-refractivity contribution in [1.82, 2.24) is 0 Å².